The van der Waals surface area contributed by atoms with Crippen LogP contribution >= 0.6 is 23.8 Å². The van der Waals surface area contributed by atoms with Crippen molar-refractivity contribution in [3.05, 3.63) is 46.1 Å². The number of halogens is 1. The summed E-state index contributed by atoms with van der Waals surface area (Å²) in [5.74, 6) is -0.394. The van der Waals surface area contributed by atoms with Crippen molar-refractivity contribution in [3.8, 4) is 0 Å². The molecule has 1 heterocycles. The van der Waals surface area contributed by atoms with Crippen LogP contribution in [-0.2, 0) is 9.53 Å². The lowest BCUT2D eigenvalue weighted by molar-refractivity contribution is -0.136. The second-order valence-electron chi connectivity index (χ2n) is 4.29. The first-order valence-corrected chi connectivity index (χ1v) is 7.00. The molecule has 0 amide bonds. The zero-order valence-electron chi connectivity index (χ0n) is 11.2. The third-order valence-electron chi connectivity index (χ3n) is 3.13. The number of hydrogen-bond acceptors (Lipinski definition) is 3. The smallest absolute Gasteiger partial charge is 0.337 e. The van der Waals surface area contributed by atoms with E-state index in [1.165, 1.54) is 7.11 Å². The van der Waals surface area contributed by atoms with Crippen LogP contribution in [0.15, 0.2) is 35.5 Å². The Hall–Kier alpha value is -1.59. The highest BCUT2D eigenvalue weighted by atomic mass is 35.5. The molecule has 0 spiro atoms. The minimum Gasteiger partial charge on any atom is -0.466 e. The number of thiocarbonyl (C=S) groups is 1. The monoisotopic (exact) mass is 310 g/mol. The molecule has 106 valence electrons. The Bertz CT molecular complexity index is 586. The predicted octanol–water partition coefficient (Wildman–Crippen LogP) is 2.70. The topological polar surface area (TPSA) is 50.4 Å². The fourth-order valence-corrected chi connectivity index (χ4v) is 2.68. The summed E-state index contributed by atoms with van der Waals surface area (Å²) < 4.78 is 4.89. The molecule has 2 rings (SSSR count). The van der Waals surface area contributed by atoms with Crippen molar-refractivity contribution in [2.75, 3.05) is 7.11 Å². The normalized spacial score (nSPS) is 18.4. The number of ether oxygens (including phenoxy) is 1. The molecule has 0 aromatic heterocycles. The average molecular weight is 311 g/mol. The number of carbonyl (C=O) groups excluding carboxylic acids is 1. The molecule has 0 fully saturated rings. The lowest BCUT2D eigenvalue weighted by Crippen LogP contribution is -2.45. The van der Waals surface area contributed by atoms with Crippen LogP contribution in [0.3, 0.4) is 0 Å². The molecule has 1 aliphatic rings. The summed E-state index contributed by atoms with van der Waals surface area (Å²) in [6.07, 6.45) is 0.646. The first kappa shape index (κ1) is 14.8. The van der Waals surface area contributed by atoms with Crippen molar-refractivity contribution in [1.29, 1.82) is 0 Å². The first-order chi connectivity index (χ1) is 9.58. The molecule has 0 saturated heterocycles. The van der Waals surface area contributed by atoms with E-state index in [2.05, 4.69) is 10.6 Å². The molecule has 0 bridgehead atoms. The lowest BCUT2D eigenvalue weighted by Gasteiger charge is -2.31. The van der Waals surface area contributed by atoms with Crippen LogP contribution < -0.4 is 10.6 Å². The second kappa shape index (κ2) is 6.24. The van der Waals surface area contributed by atoms with Gasteiger partial charge in [0, 0.05) is 10.7 Å². The summed E-state index contributed by atoms with van der Waals surface area (Å²) in [6, 6.07) is 6.95. The Labute approximate surface area is 128 Å². The third kappa shape index (κ3) is 2.78. The maximum Gasteiger partial charge on any atom is 0.337 e. The van der Waals surface area contributed by atoms with E-state index in [4.69, 9.17) is 28.6 Å². The first-order valence-electron chi connectivity index (χ1n) is 6.21. The van der Waals surface area contributed by atoms with Gasteiger partial charge in [0.25, 0.3) is 0 Å². The van der Waals surface area contributed by atoms with E-state index in [1.807, 2.05) is 25.1 Å². The SMILES string of the molecule is CCC1=C(C(=O)OC)C(c2ccccc2Cl)NC(=S)N1. The molecule has 0 aliphatic carbocycles. The number of allylic oxidation sites excluding steroid dienone is 1. The minimum absolute atomic E-state index is 0.394. The fourth-order valence-electron chi connectivity index (χ4n) is 2.19. The van der Waals surface area contributed by atoms with E-state index in [-0.39, 0.29) is 0 Å². The molecule has 2 N–H and O–H groups in total. The van der Waals surface area contributed by atoms with Gasteiger partial charge in [-0.3, -0.25) is 0 Å². The van der Waals surface area contributed by atoms with Crippen LogP contribution in [0.2, 0.25) is 5.02 Å². The number of hydrogen-bond donors (Lipinski definition) is 2. The van der Waals surface area contributed by atoms with E-state index < -0.39 is 12.0 Å². The molecule has 1 aliphatic heterocycles. The van der Waals surface area contributed by atoms with Gasteiger partial charge in [-0.15, -0.1) is 0 Å². The molecule has 20 heavy (non-hydrogen) atoms. The second-order valence-corrected chi connectivity index (χ2v) is 5.11. The van der Waals surface area contributed by atoms with Crippen molar-refractivity contribution < 1.29 is 9.53 Å². The van der Waals surface area contributed by atoms with Crippen molar-refractivity contribution in [1.82, 2.24) is 10.6 Å². The van der Waals surface area contributed by atoms with Gasteiger partial charge in [0.05, 0.1) is 18.7 Å². The quantitative estimate of drug-likeness (QED) is 0.664. The van der Waals surface area contributed by atoms with Crippen LogP contribution in [0.5, 0.6) is 0 Å². The number of rotatable bonds is 3. The maximum atomic E-state index is 12.1. The third-order valence-corrected chi connectivity index (χ3v) is 3.69. The standard InChI is InChI=1S/C14H15ClN2O2S/c1-3-10-11(13(18)19-2)12(17-14(20)16-10)8-6-4-5-7-9(8)15/h4-7,12H,3H2,1-2H3,(H2,16,17,20). The van der Waals surface area contributed by atoms with E-state index in [1.54, 1.807) is 6.07 Å². The summed E-state index contributed by atoms with van der Waals surface area (Å²) in [4.78, 5) is 12.1. The molecule has 1 atom stereocenters. The van der Waals surface area contributed by atoms with Gasteiger partial charge >= 0.3 is 5.97 Å². The van der Waals surface area contributed by atoms with E-state index >= 15 is 0 Å². The number of nitrogens with one attached hydrogen (secondary N) is 2. The Morgan fingerprint density at radius 3 is 2.75 bits per heavy atom. The van der Waals surface area contributed by atoms with Crippen LogP contribution in [0, 0.1) is 0 Å². The molecule has 0 radical (unpaired) electrons. The lowest BCUT2D eigenvalue weighted by atomic mass is 9.94. The summed E-state index contributed by atoms with van der Waals surface area (Å²) in [6.45, 7) is 1.95. The summed E-state index contributed by atoms with van der Waals surface area (Å²) in [5, 5.41) is 7.13. The largest absolute Gasteiger partial charge is 0.466 e. The van der Waals surface area contributed by atoms with Gasteiger partial charge in [-0.2, -0.15) is 0 Å². The van der Waals surface area contributed by atoms with E-state index in [0.29, 0.717) is 22.1 Å². The molecule has 1 aromatic rings. The molecule has 1 unspecified atom stereocenters. The zero-order valence-corrected chi connectivity index (χ0v) is 12.8. The van der Waals surface area contributed by atoms with Gasteiger partial charge < -0.3 is 15.4 Å². The predicted molar refractivity (Wildman–Crippen MR) is 82.4 cm³/mol. The van der Waals surface area contributed by atoms with Gasteiger partial charge in [0.2, 0.25) is 0 Å². The molecule has 0 saturated carbocycles. The van der Waals surface area contributed by atoms with Crippen molar-refractivity contribution in [3.63, 3.8) is 0 Å². The Balaban J connectivity index is 2.56. The Morgan fingerprint density at radius 1 is 1.45 bits per heavy atom. The summed E-state index contributed by atoms with van der Waals surface area (Å²) >= 11 is 11.4. The highest BCUT2D eigenvalue weighted by Gasteiger charge is 2.32. The zero-order chi connectivity index (χ0) is 14.7. The Morgan fingerprint density at radius 2 is 2.15 bits per heavy atom. The van der Waals surface area contributed by atoms with Crippen LogP contribution in [0.4, 0.5) is 0 Å². The fraction of sp³-hybridized carbons (Fsp3) is 0.286. The molecular formula is C14H15ClN2O2S. The molecule has 1 aromatic carbocycles. The van der Waals surface area contributed by atoms with Crippen molar-refractivity contribution in [2.45, 2.75) is 19.4 Å². The number of carbonyl (C=O) groups is 1. The molecule has 4 nitrogen and oxygen atoms in total. The Kier molecular flexibility index (Phi) is 4.62. The summed E-state index contributed by atoms with van der Waals surface area (Å²) in [5.41, 5.74) is 2.06. The maximum absolute atomic E-state index is 12.1. The van der Waals surface area contributed by atoms with Gasteiger partial charge in [0.1, 0.15) is 0 Å². The number of esters is 1. The van der Waals surface area contributed by atoms with Crippen LogP contribution in [-0.4, -0.2) is 18.2 Å². The minimum atomic E-state index is -0.403. The van der Waals surface area contributed by atoms with E-state index in [0.717, 1.165) is 11.3 Å². The highest BCUT2D eigenvalue weighted by molar-refractivity contribution is 7.80. The van der Waals surface area contributed by atoms with Gasteiger partial charge in [-0.25, -0.2) is 4.79 Å². The highest BCUT2D eigenvalue weighted by Crippen LogP contribution is 2.32. The van der Waals surface area contributed by atoms with Gasteiger partial charge in [-0.05, 0) is 30.3 Å². The van der Waals surface area contributed by atoms with Crippen molar-refractivity contribution in [2.24, 2.45) is 0 Å². The average Bonchev–Trinajstić information content (AvgIpc) is 2.46. The van der Waals surface area contributed by atoms with Crippen LogP contribution in [0.1, 0.15) is 24.9 Å². The van der Waals surface area contributed by atoms with Crippen molar-refractivity contribution >= 4 is 34.9 Å². The molecular weight excluding hydrogens is 296 g/mol. The molecule has 6 heteroatoms. The van der Waals surface area contributed by atoms with Gasteiger partial charge in [-0.1, -0.05) is 36.7 Å². The summed E-state index contributed by atoms with van der Waals surface area (Å²) in [7, 11) is 1.36. The number of methoxy groups -OCH3 is 1. The van der Waals surface area contributed by atoms with Crippen LogP contribution in [0.25, 0.3) is 0 Å². The van der Waals surface area contributed by atoms with E-state index in [9.17, 15) is 4.79 Å². The number of benzene rings is 1. The van der Waals surface area contributed by atoms with Gasteiger partial charge in [0.15, 0.2) is 5.11 Å².